The molecule has 0 bridgehead atoms. The Morgan fingerprint density at radius 3 is 2.47 bits per heavy atom. The van der Waals surface area contributed by atoms with Crippen LogP contribution in [0.4, 0.5) is 29.3 Å². The van der Waals surface area contributed by atoms with Crippen LogP contribution in [0.2, 0.25) is 5.02 Å². The van der Waals surface area contributed by atoms with Crippen molar-refractivity contribution in [2.24, 2.45) is 5.92 Å². The summed E-state index contributed by atoms with van der Waals surface area (Å²) in [4.78, 5) is 52.0. The highest BCUT2D eigenvalue weighted by molar-refractivity contribution is 6.39. The Bertz CT molecular complexity index is 1310. The zero-order valence-corrected chi connectivity index (χ0v) is 20.3. The molecule has 0 aliphatic carbocycles. The monoisotopic (exact) mass is 543 g/mol. The maximum absolute atomic E-state index is 13.4. The third-order valence-electron chi connectivity index (χ3n) is 6.27. The number of urea groups is 1. The van der Waals surface area contributed by atoms with Gasteiger partial charge in [0.15, 0.2) is 5.92 Å². The molecule has 0 spiro atoms. The number of imide groups is 1. The van der Waals surface area contributed by atoms with Gasteiger partial charge in [0.25, 0.3) is 5.91 Å². The van der Waals surface area contributed by atoms with Crippen LogP contribution in [0.3, 0.4) is 0 Å². The van der Waals surface area contributed by atoms with Crippen molar-refractivity contribution < 1.29 is 37.5 Å². The summed E-state index contributed by atoms with van der Waals surface area (Å²) in [5.74, 6) is -4.70. The van der Waals surface area contributed by atoms with Gasteiger partial charge < -0.3 is 10.0 Å². The lowest BCUT2D eigenvalue weighted by Gasteiger charge is -2.37. The molecule has 190 valence electrons. The molecule has 4 rings (SSSR count). The van der Waals surface area contributed by atoms with Crippen molar-refractivity contribution in [1.82, 2.24) is 4.90 Å². The van der Waals surface area contributed by atoms with Crippen molar-refractivity contribution >= 4 is 58.4 Å². The van der Waals surface area contributed by atoms with Crippen molar-refractivity contribution in [2.45, 2.75) is 24.5 Å². The lowest BCUT2D eigenvalue weighted by Crippen LogP contribution is -2.58. The summed E-state index contributed by atoms with van der Waals surface area (Å²) < 4.78 is 39.8. The fourth-order valence-corrected chi connectivity index (χ4v) is 4.87. The highest BCUT2D eigenvalue weighted by Crippen LogP contribution is 2.45. The predicted octanol–water partition coefficient (Wildman–Crippen LogP) is 4.46. The minimum atomic E-state index is -4.78. The van der Waals surface area contributed by atoms with Gasteiger partial charge in [0.1, 0.15) is 4.87 Å². The topological polar surface area (TPSA) is 98.2 Å². The van der Waals surface area contributed by atoms with Gasteiger partial charge in [-0.1, -0.05) is 23.7 Å². The first kappa shape index (κ1) is 25.8. The number of nitrogens with zero attached hydrogens (tertiary/aromatic N) is 3. The summed E-state index contributed by atoms with van der Waals surface area (Å²) in [6, 6.07) is 6.52. The molecule has 2 aromatic rings. The minimum absolute atomic E-state index is 0.160. The van der Waals surface area contributed by atoms with E-state index in [-0.39, 0.29) is 11.3 Å². The number of rotatable bonds is 4. The van der Waals surface area contributed by atoms with E-state index in [1.54, 1.807) is 0 Å². The molecule has 2 aliphatic rings. The number of aliphatic carboxylic acids is 1. The van der Waals surface area contributed by atoms with Gasteiger partial charge in [0.05, 0.1) is 17.1 Å². The first-order chi connectivity index (χ1) is 16.7. The number of carbonyl (C=O) groups excluding carboxylic acids is 3. The molecule has 1 N–H and O–H groups in total. The van der Waals surface area contributed by atoms with Gasteiger partial charge >= 0.3 is 18.2 Å². The second-order valence-electron chi connectivity index (χ2n) is 8.55. The number of carboxylic acids is 1. The Morgan fingerprint density at radius 2 is 1.86 bits per heavy atom. The number of amides is 4. The number of hydrogen-bond donors (Lipinski definition) is 1. The standard InChI is InChI=1S/C23H18Cl2F3N3O5/c1-22(25)15-8-12(6-7-16(15)29(2)20(22)35)30-10-13(19(33)34)18(32)31(21(30)36)9-11-4-3-5-14(17(11)24)23(26,27)28/h3-8,13H,9-10H2,1-2H3,(H,33,34). The number of fused-ring (bicyclic) bond motifs is 1. The fourth-order valence-electron chi connectivity index (χ4n) is 4.30. The number of anilines is 2. The molecule has 0 radical (unpaired) electrons. The van der Waals surface area contributed by atoms with Crippen molar-refractivity contribution in [2.75, 3.05) is 23.4 Å². The second-order valence-corrected chi connectivity index (χ2v) is 9.69. The van der Waals surface area contributed by atoms with Gasteiger partial charge in [-0.05, 0) is 36.8 Å². The number of halogens is 5. The summed E-state index contributed by atoms with van der Waals surface area (Å²) in [5, 5.41) is 8.92. The summed E-state index contributed by atoms with van der Waals surface area (Å²) >= 11 is 12.4. The van der Waals surface area contributed by atoms with Gasteiger partial charge in [-0.2, -0.15) is 13.2 Å². The zero-order valence-electron chi connectivity index (χ0n) is 18.8. The van der Waals surface area contributed by atoms with E-state index in [4.69, 9.17) is 23.2 Å². The smallest absolute Gasteiger partial charge is 0.417 e. The number of alkyl halides is 4. The molecule has 2 atom stereocenters. The van der Waals surface area contributed by atoms with Crippen LogP contribution in [0, 0.1) is 5.92 Å². The van der Waals surface area contributed by atoms with Gasteiger partial charge in [0.2, 0.25) is 5.91 Å². The van der Waals surface area contributed by atoms with E-state index in [0.717, 1.165) is 17.0 Å². The summed E-state index contributed by atoms with van der Waals surface area (Å²) in [7, 11) is 1.53. The van der Waals surface area contributed by atoms with Crippen LogP contribution in [0.5, 0.6) is 0 Å². The number of carbonyl (C=O) groups is 4. The maximum Gasteiger partial charge on any atom is 0.417 e. The molecule has 4 amide bonds. The zero-order chi connectivity index (χ0) is 26.7. The highest BCUT2D eigenvalue weighted by atomic mass is 35.5. The van der Waals surface area contributed by atoms with Gasteiger partial charge in [-0.3, -0.25) is 24.2 Å². The van der Waals surface area contributed by atoms with Crippen LogP contribution in [-0.4, -0.2) is 47.4 Å². The predicted molar refractivity (Wildman–Crippen MR) is 124 cm³/mol. The van der Waals surface area contributed by atoms with Gasteiger partial charge in [-0.25, -0.2) is 4.79 Å². The number of benzene rings is 2. The molecule has 1 saturated heterocycles. The fraction of sp³-hybridized carbons (Fsp3) is 0.304. The molecular formula is C23H18Cl2F3N3O5. The van der Waals surface area contributed by atoms with Crippen molar-refractivity contribution in [3.8, 4) is 0 Å². The maximum atomic E-state index is 13.4. The molecule has 36 heavy (non-hydrogen) atoms. The van der Waals surface area contributed by atoms with Crippen molar-refractivity contribution in [1.29, 1.82) is 0 Å². The van der Waals surface area contributed by atoms with Crippen LogP contribution in [0.15, 0.2) is 36.4 Å². The Labute approximate surface area is 212 Å². The Morgan fingerprint density at radius 1 is 1.19 bits per heavy atom. The van der Waals surface area contributed by atoms with E-state index in [2.05, 4.69) is 0 Å². The highest BCUT2D eigenvalue weighted by Gasteiger charge is 2.47. The number of carboxylic acid groups (broad SMARTS) is 1. The normalized spacial score (nSPS) is 22.4. The van der Waals surface area contributed by atoms with Crippen molar-refractivity contribution in [3.05, 3.63) is 58.1 Å². The third kappa shape index (κ3) is 4.05. The number of hydrogen-bond acceptors (Lipinski definition) is 4. The molecule has 2 aromatic carbocycles. The average Bonchev–Trinajstić information content (AvgIpc) is 2.96. The summed E-state index contributed by atoms with van der Waals surface area (Å²) in [5.41, 5.74) is -0.317. The largest absolute Gasteiger partial charge is 0.481 e. The van der Waals surface area contributed by atoms with E-state index >= 15 is 0 Å². The lowest BCUT2D eigenvalue weighted by molar-refractivity contribution is -0.150. The Balaban J connectivity index is 1.75. The Kier molecular flexibility index (Phi) is 6.20. The van der Waals surface area contributed by atoms with E-state index in [1.807, 2.05) is 0 Å². The molecule has 8 nitrogen and oxygen atoms in total. The third-order valence-corrected chi connectivity index (χ3v) is 7.08. The van der Waals surface area contributed by atoms with E-state index in [9.17, 15) is 37.5 Å². The second kappa shape index (κ2) is 8.67. The van der Waals surface area contributed by atoms with Crippen LogP contribution < -0.4 is 9.80 Å². The van der Waals surface area contributed by atoms with Crippen LogP contribution >= 0.6 is 23.2 Å². The lowest BCUT2D eigenvalue weighted by atomic mass is 9.99. The molecule has 2 aliphatic heterocycles. The van der Waals surface area contributed by atoms with Crippen LogP contribution in [-0.2, 0) is 32.0 Å². The number of likely N-dealkylation sites (N-methyl/N-ethyl adjacent to an activating group) is 1. The molecular weight excluding hydrogens is 526 g/mol. The minimum Gasteiger partial charge on any atom is -0.481 e. The summed E-state index contributed by atoms with van der Waals surface area (Å²) in [6.45, 7) is 0.272. The first-order valence-corrected chi connectivity index (χ1v) is 11.2. The van der Waals surface area contributed by atoms with Gasteiger partial charge in [0, 0.05) is 30.5 Å². The van der Waals surface area contributed by atoms with E-state index < -0.39 is 64.5 Å². The van der Waals surface area contributed by atoms with E-state index in [0.29, 0.717) is 16.2 Å². The SMILES string of the molecule is CN1C(=O)C(C)(Cl)c2cc(N3CC(C(=O)O)C(=O)N(Cc4cccc(C(F)(F)F)c4Cl)C3=O)ccc21. The molecule has 2 heterocycles. The summed E-state index contributed by atoms with van der Waals surface area (Å²) in [6.07, 6.45) is -4.78. The molecule has 2 unspecified atom stereocenters. The average molecular weight is 544 g/mol. The molecule has 1 fully saturated rings. The quantitative estimate of drug-likeness (QED) is 0.453. The van der Waals surface area contributed by atoms with E-state index in [1.165, 1.54) is 43.1 Å². The van der Waals surface area contributed by atoms with Crippen LogP contribution in [0.25, 0.3) is 0 Å². The Hall–Kier alpha value is -3.31. The van der Waals surface area contributed by atoms with Crippen LogP contribution in [0.1, 0.15) is 23.6 Å². The van der Waals surface area contributed by atoms with Crippen molar-refractivity contribution in [3.63, 3.8) is 0 Å². The first-order valence-electron chi connectivity index (χ1n) is 10.5. The molecule has 0 aromatic heterocycles. The van der Waals surface area contributed by atoms with Gasteiger partial charge in [-0.15, -0.1) is 11.6 Å². The molecule has 13 heteroatoms. The molecule has 0 saturated carbocycles.